The van der Waals surface area contributed by atoms with Gasteiger partial charge in [-0.05, 0) is 26.7 Å². The zero-order chi connectivity index (χ0) is 13.4. The molecule has 0 unspecified atom stereocenters. The highest BCUT2D eigenvalue weighted by Crippen LogP contribution is 2.33. The van der Waals surface area contributed by atoms with Crippen LogP contribution in [0.4, 0.5) is 11.6 Å². The van der Waals surface area contributed by atoms with Gasteiger partial charge < -0.3 is 9.88 Å². The van der Waals surface area contributed by atoms with Gasteiger partial charge in [0.05, 0.1) is 17.1 Å². The van der Waals surface area contributed by atoms with Crippen molar-refractivity contribution in [2.24, 2.45) is 7.05 Å². The van der Waals surface area contributed by atoms with Gasteiger partial charge in [0.1, 0.15) is 0 Å². The molecule has 0 spiro atoms. The molecule has 102 valence electrons. The van der Waals surface area contributed by atoms with E-state index in [1.54, 1.807) is 0 Å². The van der Waals surface area contributed by atoms with Gasteiger partial charge in [-0.15, -0.1) is 0 Å². The number of aromatic nitrogens is 4. The summed E-state index contributed by atoms with van der Waals surface area (Å²) in [4.78, 5) is 4.62. The number of aryl methyl sites for hydroxylation is 3. The number of nitrogens with zero attached hydrogens (tertiary/aromatic N) is 4. The first-order chi connectivity index (χ1) is 9.13. The van der Waals surface area contributed by atoms with Crippen LogP contribution in [0.5, 0.6) is 0 Å². The summed E-state index contributed by atoms with van der Waals surface area (Å²) < 4.78 is 4.13. The van der Waals surface area contributed by atoms with E-state index in [1.807, 2.05) is 31.8 Å². The highest BCUT2D eigenvalue weighted by molar-refractivity contribution is 5.55. The minimum absolute atomic E-state index is 0.598. The maximum atomic E-state index is 4.62. The number of nitrogens with one attached hydrogen (secondary N) is 1. The van der Waals surface area contributed by atoms with Gasteiger partial charge in [-0.1, -0.05) is 12.8 Å². The Labute approximate surface area is 113 Å². The quantitative estimate of drug-likeness (QED) is 0.921. The third-order valence-electron chi connectivity index (χ3n) is 3.83. The predicted molar refractivity (Wildman–Crippen MR) is 75.7 cm³/mol. The lowest BCUT2D eigenvalue weighted by Crippen LogP contribution is -2.08. The number of hydrogen-bond donors (Lipinski definition) is 1. The first kappa shape index (κ1) is 12.3. The Bertz CT molecular complexity index is 575. The van der Waals surface area contributed by atoms with Crippen molar-refractivity contribution in [1.29, 1.82) is 0 Å². The number of hydrogen-bond acceptors (Lipinski definition) is 3. The van der Waals surface area contributed by atoms with Gasteiger partial charge in [0.15, 0.2) is 0 Å². The van der Waals surface area contributed by atoms with Gasteiger partial charge in [0.25, 0.3) is 0 Å². The van der Waals surface area contributed by atoms with Gasteiger partial charge in [-0.25, -0.2) is 4.98 Å². The molecule has 0 bridgehead atoms. The summed E-state index contributed by atoms with van der Waals surface area (Å²) in [5, 5.41) is 7.79. The molecule has 1 N–H and O–H groups in total. The molecule has 5 nitrogen and oxygen atoms in total. The Morgan fingerprint density at radius 2 is 1.95 bits per heavy atom. The van der Waals surface area contributed by atoms with E-state index in [0.29, 0.717) is 6.04 Å². The topological polar surface area (TPSA) is 47.7 Å². The fourth-order valence-corrected chi connectivity index (χ4v) is 2.91. The van der Waals surface area contributed by atoms with Crippen LogP contribution >= 0.6 is 0 Å². The average Bonchev–Trinajstić information content (AvgIpc) is 3.02. The van der Waals surface area contributed by atoms with Gasteiger partial charge in [0, 0.05) is 25.5 Å². The highest BCUT2D eigenvalue weighted by Gasteiger charge is 2.20. The van der Waals surface area contributed by atoms with E-state index < -0.39 is 0 Å². The van der Waals surface area contributed by atoms with Crippen LogP contribution in [0, 0.1) is 13.8 Å². The maximum absolute atomic E-state index is 4.62. The Morgan fingerprint density at radius 1 is 1.21 bits per heavy atom. The lowest BCUT2D eigenvalue weighted by atomic mass is 10.2. The fourth-order valence-electron chi connectivity index (χ4n) is 2.91. The van der Waals surface area contributed by atoms with Crippen LogP contribution in [0.25, 0.3) is 0 Å². The van der Waals surface area contributed by atoms with Crippen LogP contribution in [-0.4, -0.2) is 19.3 Å². The standard InChI is InChI=1S/C14H21N5/c1-10-8-19(12-6-4-5-7-12)14(15-10)16-13-9-18(3)17-11(13)2/h8-9,12H,4-7H2,1-3H3,(H,15,16). The van der Waals surface area contributed by atoms with Crippen LogP contribution in [0.2, 0.25) is 0 Å². The van der Waals surface area contributed by atoms with Crippen molar-refractivity contribution in [3.05, 3.63) is 23.8 Å². The zero-order valence-electron chi connectivity index (χ0n) is 11.8. The molecule has 0 saturated heterocycles. The second-order valence-corrected chi connectivity index (χ2v) is 5.48. The molecule has 1 aliphatic carbocycles. The third kappa shape index (κ3) is 2.37. The second kappa shape index (κ2) is 4.72. The van der Waals surface area contributed by atoms with E-state index in [4.69, 9.17) is 0 Å². The third-order valence-corrected chi connectivity index (χ3v) is 3.83. The zero-order valence-corrected chi connectivity index (χ0v) is 11.8. The molecule has 1 aliphatic rings. The average molecular weight is 259 g/mol. The molecule has 0 amide bonds. The summed E-state index contributed by atoms with van der Waals surface area (Å²) in [5.74, 6) is 0.945. The van der Waals surface area contributed by atoms with Crippen molar-refractivity contribution < 1.29 is 0 Å². The molecule has 0 radical (unpaired) electrons. The summed E-state index contributed by atoms with van der Waals surface area (Å²) in [6, 6.07) is 0.598. The van der Waals surface area contributed by atoms with E-state index in [9.17, 15) is 0 Å². The molecule has 5 heteroatoms. The minimum atomic E-state index is 0.598. The van der Waals surface area contributed by atoms with Crippen LogP contribution in [0.3, 0.4) is 0 Å². The summed E-state index contributed by atoms with van der Waals surface area (Å²) in [7, 11) is 1.94. The van der Waals surface area contributed by atoms with Crippen LogP contribution in [-0.2, 0) is 7.05 Å². The summed E-state index contributed by atoms with van der Waals surface area (Å²) >= 11 is 0. The molecule has 0 aromatic carbocycles. The molecule has 3 rings (SSSR count). The van der Waals surface area contributed by atoms with Crippen molar-refractivity contribution in [1.82, 2.24) is 19.3 Å². The van der Waals surface area contributed by atoms with E-state index in [2.05, 4.69) is 26.2 Å². The van der Waals surface area contributed by atoms with Gasteiger partial charge in [-0.2, -0.15) is 5.10 Å². The van der Waals surface area contributed by atoms with Crippen molar-refractivity contribution >= 4 is 11.6 Å². The van der Waals surface area contributed by atoms with Crippen molar-refractivity contribution in [3.63, 3.8) is 0 Å². The first-order valence-corrected chi connectivity index (χ1v) is 6.96. The molecule has 2 heterocycles. The van der Waals surface area contributed by atoms with E-state index in [-0.39, 0.29) is 0 Å². The summed E-state index contributed by atoms with van der Waals surface area (Å²) in [5.41, 5.74) is 3.10. The van der Waals surface area contributed by atoms with Crippen LogP contribution < -0.4 is 5.32 Å². The molecular formula is C14H21N5. The van der Waals surface area contributed by atoms with Crippen LogP contribution in [0.15, 0.2) is 12.4 Å². The number of anilines is 2. The monoisotopic (exact) mass is 259 g/mol. The van der Waals surface area contributed by atoms with Gasteiger partial charge >= 0.3 is 0 Å². The predicted octanol–water partition coefficient (Wildman–Crippen LogP) is 3.09. The Balaban J connectivity index is 1.89. The molecule has 1 fully saturated rings. The Morgan fingerprint density at radius 3 is 2.58 bits per heavy atom. The molecule has 0 atom stereocenters. The van der Waals surface area contributed by atoms with E-state index in [0.717, 1.165) is 23.0 Å². The Hall–Kier alpha value is -1.78. The molecule has 19 heavy (non-hydrogen) atoms. The van der Waals surface area contributed by atoms with E-state index in [1.165, 1.54) is 25.7 Å². The minimum Gasteiger partial charge on any atom is -0.323 e. The number of rotatable bonds is 3. The lowest BCUT2D eigenvalue weighted by Gasteiger charge is -2.15. The SMILES string of the molecule is Cc1cn(C2CCCC2)c(Nc2cn(C)nc2C)n1. The number of imidazole rings is 1. The maximum Gasteiger partial charge on any atom is 0.207 e. The van der Waals surface area contributed by atoms with Gasteiger partial charge in [-0.3, -0.25) is 4.68 Å². The molecule has 1 saturated carbocycles. The molecule has 0 aliphatic heterocycles. The van der Waals surface area contributed by atoms with Crippen molar-refractivity contribution in [2.75, 3.05) is 5.32 Å². The Kier molecular flexibility index (Phi) is 3.05. The second-order valence-electron chi connectivity index (χ2n) is 5.48. The molecule has 2 aromatic rings. The lowest BCUT2D eigenvalue weighted by molar-refractivity contribution is 0.524. The van der Waals surface area contributed by atoms with Gasteiger partial charge in [0.2, 0.25) is 5.95 Å². The highest BCUT2D eigenvalue weighted by atomic mass is 15.3. The summed E-state index contributed by atoms with van der Waals surface area (Å²) in [6.07, 6.45) is 9.33. The van der Waals surface area contributed by atoms with Crippen molar-refractivity contribution in [3.8, 4) is 0 Å². The largest absolute Gasteiger partial charge is 0.323 e. The summed E-state index contributed by atoms with van der Waals surface area (Å²) in [6.45, 7) is 4.06. The fraction of sp³-hybridized carbons (Fsp3) is 0.571. The molecule has 2 aromatic heterocycles. The molecular weight excluding hydrogens is 238 g/mol. The normalized spacial score (nSPS) is 16.2. The van der Waals surface area contributed by atoms with Crippen LogP contribution in [0.1, 0.15) is 43.1 Å². The van der Waals surface area contributed by atoms with Crippen molar-refractivity contribution in [2.45, 2.75) is 45.6 Å². The van der Waals surface area contributed by atoms with E-state index >= 15 is 0 Å². The first-order valence-electron chi connectivity index (χ1n) is 6.96. The smallest absolute Gasteiger partial charge is 0.207 e.